The third-order valence-electron chi connectivity index (χ3n) is 4.58. The van der Waals surface area contributed by atoms with Crippen LogP contribution in [0.5, 0.6) is 0 Å². The third-order valence-corrected chi connectivity index (χ3v) is 4.58. The summed E-state index contributed by atoms with van der Waals surface area (Å²) in [6.45, 7) is 14.0. The summed E-state index contributed by atoms with van der Waals surface area (Å²) < 4.78 is 0. The van der Waals surface area contributed by atoms with Gasteiger partial charge < -0.3 is 22.2 Å². The van der Waals surface area contributed by atoms with Crippen LogP contribution in [0.1, 0.15) is 150 Å². The molecular weight excluding hydrogens is 464 g/mol. The molecule has 3 N–H and O–H groups in total. The van der Waals surface area contributed by atoms with Gasteiger partial charge in [0.05, 0.1) is 6.10 Å². The molecule has 0 fully saturated rings. The van der Waals surface area contributed by atoms with Crippen LogP contribution in [0.25, 0.3) is 0 Å². The van der Waals surface area contributed by atoms with E-state index in [9.17, 15) is 0 Å². The molecule has 0 spiro atoms. The van der Waals surface area contributed by atoms with Crippen molar-refractivity contribution in [2.24, 2.45) is 0 Å². The van der Waals surface area contributed by atoms with Crippen molar-refractivity contribution in [2.45, 2.75) is 156 Å². The molecule has 192 valence electrons. The fourth-order valence-corrected chi connectivity index (χ4v) is 2.88. The van der Waals surface area contributed by atoms with Gasteiger partial charge in [-0.1, -0.05) is 117 Å². The molecule has 0 aromatic rings. The van der Waals surface area contributed by atoms with Gasteiger partial charge in [0.1, 0.15) is 0 Å². The fraction of sp³-hybridized carbons (Fsp3) is 0.963. The first kappa shape index (κ1) is 42.0. The first-order chi connectivity index (χ1) is 14.5. The van der Waals surface area contributed by atoms with Crippen molar-refractivity contribution < 1.29 is 41.5 Å². The molecule has 31 heavy (non-hydrogen) atoms. The predicted octanol–water partition coefficient (Wildman–Crippen LogP) is 8.24. The Kier molecular flexibility index (Phi) is 65.3. The van der Waals surface area contributed by atoms with E-state index in [2.05, 4.69) is 20.8 Å². The first-order valence-corrected chi connectivity index (χ1v) is 13.2. The van der Waals surface area contributed by atoms with Gasteiger partial charge in [-0.2, -0.15) is 6.42 Å². The van der Waals surface area contributed by atoms with Gasteiger partial charge >= 0.3 is 0 Å². The van der Waals surface area contributed by atoms with Crippen molar-refractivity contribution in [1.82, 2.24) is 0 Å². The maximum Gasteiger partial charge on any atom is 0.0512 e. The summed E-state index contributed by atoms with van der Waals surface area (Å²) in [5.41, 5.74) is 0. The largest absolute Gasteiger partial charge is 0.397 e. The zero-order valence-corrected chi connectivity index (χ0v) is 24.7. The van der Waals surface area contributed by atoms with E-state index in [4.69, 9.17) is 15.3 Å². The molecule has 0 amide bonds. The summed E-state index contributed by atoms with van der Waals surface area (Å²) in [7, 11) is 0. The second-order valence-electron chi connectivity index (χ2n) is 8.07. The van der Waals surface area contributed by atoms with E-state index in [1.165, 1.54) is 103 Å². The van der Waals surface area contributed by atoms with E-state index < -0.39 is 0 Å². The van der Waals surface area contributed by atoms with E-state index in [-0.39, 0.29) is 45.5 Å². The number of rotatable bonds is 17. The molecule has 0 aromatic heterocycles. The Morgan fingerprint density at radius 3 is 1.06 bits per heavy atom. The van der Waals surface area contributed by atoms with Crippen LogP contribution in [0.2, 0.25) is 0 Å². The van der Waals surface area contributed by atoms with E-state index in [0.717, 1.165) is 12.8 Å². The normalized spacial score (nSPS) is 10.4. The molecule has 4 heteroatoms. The second-order valence-corrected chi connectivity index (χ2v) is 8.07. The monoisotopic (exact) mass is 523 g/mol. The van der Waals surface area contributed by atoms with Crippen LogP contribution in [0.15, 0.2) is 0 Å². The molecule has 0 radical (unpaired) electrons. The van der Waals surface area contributed by atoms with Crippen molar-refractivity contribution in [1.29, 1.82) is 0 Å². The van der Waals surface area contributed by atoms with Crippen LogP contribution in [-0.4, -0.2) is 34.6 Å². The van der Waals surface area contributed by atoms with E-state index in [0.29, 0.717) is 0 Å². The van der Waals surface area contributed by atoms with E-state index in [1.54, 1.807) is 13.8 Å². The van der Waals surface area contributed by atoms with Crippen LogP contribution in [0.4, 0.5) is 0 Å². The molecule has 1 atom stereocenters. The van der Waals surface area contributed by atoms with Crippen molar-refractivity contribution in [3.05, 3.63) is 6.92 Å². The molecule has 1 unspecified atom stereocenters. The smallest absolute Gasteiger partial charge is 0.0512 e. The van der Waals surface area contributed by atoms with Crippen molar-refractivity contribution >= 4 is 0 Å². The SMILES string of the molecule is CCCCCCCCCCCCCC(C)O.CCO.CCO.[CH2-]CCCCCCC.[Zr]. The van der Waals surface area contributed by atoms with Crippen LogP contribution in [0, 0.1) is 6.92 Å². The minimum atomic E-state index is -0.0986. The summed E-state index contributed by atoms with van der Waals surface area (Å²) >= 11 is 0. The van der Waals surface area contributed by atoms with E-state index in [1.807, 2.05) is 6.92 Å². The van der Waals surface area contributed by atoms with Crippen LogP contribution >= 0.6 is 0 Å². The predicted molar refractivity (Wildman–Crippen MR) is 137 cm³/mol. The van der Waals surface area contributed by atoms with Crippen LogP contribution in [-0.2, 0) is 26.2 Å². The molecule has 0 saturated heterocycles. The number of aliphatic hydroxyl groups excluding tert-OH is 3. The number of hydrogen-bond acceptors (Lipinski definition) is 3. The Hall–Kier alpha value is 0.763. The molecule has 0 aromatic carbocycles. The maximum absolute atomic E-state index is 9.10. The van der Waals surface area contributed by atoms with Gasteiger partial charge in [-0.3, -0.25) is 0 Å². The van der Waals surface area contributed by atoms with Crippen molar-refractivity contribution in [3.63, 3.8) is 0 Å². The standard InChI is InChI=1S/C15H32O.C8H17.2C2H6O.Zr/c1-3-4-5-6-7-8-9-10-11-12-13-14-15(2)16;1-3-5-7-8-6-4-2;2*1-2-3;/h15-16H,3-14H2,1-2H3;1,3-8H2,2H3;2*3H,2H2,1H3;/q;-1;;;. The Labute approximate surface area is 217 Å². The zero-order chi connectivity index (χ0) is 23.7. The summed E-state index contributed by atoms with van der Waals surface area (Å²) in [5.74, 6) is 0. The molecule has 0 aliphatic heterocycles. The average Bonchev–Trinajstić information content (AvgIpc) is 2.71. The van der Waals surface area contributed by atoms with Crippen molar-refractivity contribution in [3.8, 4) is 0 Å². The van der Waals surface area contributed by atoms with Crippen molar-refractivity contribution in [2.75, 3.05) is 13.2 Å². The molecule has 3 nitrogen and oxygen atoms in total. The Morgan fingerprint density at radius 1 is 0.548 bits per heavy atom. The summed E-state index contributed by atoms with van der Waals surface area (Å²) in [6.07, 6.45) is 24.1. The molecule has 0 heterocycles. The molecule has 0 aliphatic rings. The third kappa shape index (κ3) is 72.3. The fourth-order valence-electron chi connectivity index (χ4n) is 2.88. The minimum Gasteiger partial charge on any atom is -0.397 e. The summed E-state index contributed by atoms with van der Waals surface area (Å²) in [4.78, 5) is 0. The van der Waals surface area contributed by atoms with Gasteiger partial charge in [0.2, 0.25) is 0 Å². The zero-order valence-electron chi connectivity index (χ0n) is 22.3. The summed E-state index contributed by atoms with van der Waals surface area (Å²) in [6, 6.07) is 0. The summed E-state index contributed by atoms with van der Waals surface area (Å²) in [5, 5.41) is 24.2. The Morgan fingerprint density at radius 2 is 0.806 bits per heavy atom. The topological polar surface area (TPSA) is 60.7 Å². The molecular formula is C27H61O3Zr-. The molecule has 0 aliphatic carbocycles. The average molecular weight is 525 g/mol. The van der Waals surface area contributed by atoms with Crippen LogP contribution in [0.3, 0.4) is 0 Å². The Balaban J connectivity index is -0.000000125. The maximum atomic E-state index is 9.10. The van der Waals surface area contributed by atoms with Gasteiger partial charge in [-0.15, -0.1) is 0 Å². The van der Waals surface area contributed by atoms with Gasteiger partial charge in [0.15, 0.2) is 0 Å². The molecule has 0 saturated carbocycles. The van der Waals surface area contributed by atoms with Gasteiger partial charge in [0.25, 0.3) is 0 Å². The number of hydrogen-bond donors (Lipinski definition) is 3. The minimum absolute atomic E-state index is 0. The number of aliphatic hydroxyl groups is 3. The van der Waals surface area contributed by atoms with Gasteiger partial charge in [-0.05, 0) is 27.2 Å². The van der Waals surface area contributed by atoms with Gasteiger partial charge in [-0.25, -0.2) is 0 Å². The Bertz CT molecular complexity index is 219. The van der Waals surface area contributed by atoms with Gasteiger partial charge in [0, 0.05) is 39.4 Å². The first-order valence-electron chi connectivity index (χ1n) is 13.2. The molecule has 0 bridgehead atoms. The second kappa shape index (κ2) is 48.3. The molecule has 0 rings (SSSR count). The quantitative estimate of drug-likeness (QED) is 0.133. The van der Waals surface area contributed by atoms with Crippen LogP contribution < -0.4 is 0 Å². The van der Waals surface area contributed by atoms with E-state index >= 15 is 0 Å². The number of unbranched alkanes of at least 4 members (excludes halogenated alkanes) is 15.